The first-order valence-corrected chi connectivity index (χ1v) is 7.07. The third-order valence-electron chi connectivity index (χ3n) is 3.50. The number of carbonyl (C=O) groups excluding carboxylic acids is 1. The van der Waals surface area contributed by atoms with Gasteiger partial charge >= 0.3 is 6.61 Å². The summed E-state index contributed by atoms with van der Waals surface area (Å²) in [6.45, 7) is -2.43. The standard InChI is InChI=1S/C16H12ClF2NO2/c17-11-4-5-14-10(8-11)6-7-20(15(14)21)12-2-1-3-13(9-12)22-16(18)19/h1-5,8-9,16H,6-7H2. The second-order valence-electron chi connectivity index (χ2n) is 4.88. The largest absolute Gasteiger partial charge is 0.435 e. The minimum atomic E-state index is -2.89. The van der Waals surface area contributed by atoms with Crippen molar-refractivity contribution < 1.29 is 18.3 Å². The highest BCUT2D eigenvalue weighted by atomic mass is 35.5. The number of anilines is 1. The lowest BCUT2D eigenvalue weighted by molar-refractivity contribution is -0.0498. The molecule has 0 saturated heterocycles. The van der Waals surface area contributed by atoms with Crippen molar-refractivity contribution in [3.05, 3.63) is 58.6 Å². The maximum atomic E-state index is 12.6. The Balaban J connectivity index is 1.90. The van der Waals surface area contributed by atoms with E-state index >= 15 is 0 Å². The van der Waals surface area contributed by atoms with Crippen LogP contribution in [0.25, 0.3) is 0 Å². The van der Waals surface area contributed by atoms with Crippen LogP contribution in [0.2, 0.25) is 5.02 Å². The Morgan fingerprint density at radius 1 is 1.18 bits per heavy atom. The van der Waals surface area contributed by atoms with Gasteiger partial charge in [0, 0.05) is 28.9 Å². The molecule has 3 nitrogen and oxygen atoms in total. The van der Waals surface area contributed by atoms with Crippen LogP contribution in [0.5, 0.6) is 5.75 Å². The van der Waals surface area contributed by atoms with Crippen LogP contribution >= 0.6 is 11.6 Å². The van der Waals surface area contributed by atoms with Crippen LogP contribution in [0.3, 0.4) is 0 Å². The van der Waals surface area contributed by atoms with Crippen LogP contribution in [-0.2, 0) is 6.42 Å². The number of hydrogen-bond donors (Lipinski definition) is 0. The molecular weight excluding hydrogens is 312 g/mol. The molecule has 0 fully saturated rings. The first-order valence-electron chi connectivity index (χ1n) is 6.70. The molecule has 0 unspecified atom stereocenters. The van der Waals surface area contributed by atoms with Crippen molar-refractivity contribution in [1.29, 1.82) is 0 Å². The van der Waals surface area contributed by atoms with E-state index in [0.717, 1.165) is 5.56 Å². The smallest absolute Gasteiger partial charge is 0.387 e. The summed E-state index contributed by atoms with van der Waals surface area (Å²) >= 11 is 5.93. The van der Waals surface area contributed by atoms with Gasteiger partial charge in [-0.1, -0.05) is 17.7 Å². The second-order valence-corrected chi connectivity index (χ2v) is 5.32. The fraction of sp³-hybridized carbons (Fsp3) is 0.188. The highest BCUT2D eigenvalue weighted by Gasteiger charge is 2.25. The number of alkyl halides is 2. The molecule has 0 saturated carbocycles. The van der Waals surface area contributed by atoms with E-state index in [9.17, 15) is 13.6 Å². The van der Waals surface area contributed by atoms with Crippen molar-refractivity contribution in [3.63, 3.8) is 0 Å². The van der Waals surface area contributed by atoms with E-state index < -0.39 is 6.61 Å². The van der Waals surface area contributed by atoms with Crippen molar-refractivity contribution in [2.24, 2.45) is 0 Å². The number of ether oxygens (including phenoxy) is 1. The fourth-order valence-corrected chi connectivity index (χ4v) is 2.73. The topological polar surface area (TPSA) is 29.5 Å². The molecule has 0 atom stereocenters. The number of hydrogen-bond acceptors (Lipinski definition) is 2. The number of nitrogens with zero attached hydrogens (tertiary/aromatic N) is 1. The molecule has 0 spiro atoms. The fourth-order valence-electron chi connectivity index (χ4n) is 2.53. The molecule has 2 aromatic rings. The lowest BCUT2D eigenvalue weighted by Gasteiger charge is -2.29. The number of rotatable bonds is 3. The molecular formula is C16H12ClF2NO2. The predicted octanol–water partition coefficient (Wildman–Crippen LogP) is 4.14. The molecule has 0 aromatic heterocycles. The molecule has 1 aliphatic rings. The minimum absolute atomic E-state index is 0.0298. The number of benzene rings is 2. The van der Waals surface area contributed by atoms with Gasteiger partial charge in [-0.2, -0.15) is 8.78 Å². The maximum Gasteiger partial charge on any atom is 0.387 e. The van der Waals surface area contributed by atoms with Gasteiger partial charge in [-0.15, -0.1) is 0 Å². The predicted molar refractivity (Wildman–Crippen MR) is 79.9 cm³/mol. The Morgan fingerprint density at radius 2 is 2.00 bits per heavy atom. The number of fused-ring (bicyclic) bond motifs is 1. The van der Waals surface area contributed by atoms with Crippen molar-refractivity contribution in [1.82, 2.24) is 0 Å². The summed E-state index contributed by atoms with van der Waals surface area (Å²) in [7, 11) is 0. The molecule has 0 aliphatic carbocycles. The normalized spacial score (nSPS) is 14.2. The summed E-state index contributed by atoms with van der Waals surface area (Å²) in [5.74, 6) is -0.144. The van der Waals surface area contributed by atoms with Gasteiger partial charge in [0.15, 0.2) is 0 Å². The summed E-state index contributed by atoms with van der Waals surface area (Å²) in [5, 5.41) is 0.590. The Bertz CT molecular complexity index is 721. The van der Waals surface area contributed by atoms with Gasteiger partial charge in [-0.3, -0.25) is 4.79 Å². The zero-order valence-corrected chi connectivity index (χ0v) is 12.2. The quantitative estimate of drug-likeness (QED) is 0.849. The second kappa shape index (κ2) is 5.93. The van der Waals surface area contributed by atoms with E-state index in [1.54, 1.807) is 35.2 Å². The van der Waals surface area contributed by atoms with E-state index in [4.69, 9.17) is 11.6 Å². The van der Waals surface area contributed by atoms with Crippen LogP contribution in [-0.4, -0.2) is 19.1 Å². The summed E-state index contributed by atoms with van der Waals surface area (Å²) in [4.78, 5) is 14.1. The van der Waals surface area contributed by atoms with Crippen LogP contribution in [0, 0.1) is 0 Å². The molecule has 0 bridgehead atoms. The zero-order valence-electron chi connectivity index (χ0n) is 11.4. The molecule has 1 amide bonds. The lowest BCUT2D eigenvalue weighted by Crippen LogP contribution is -2.37. The van der Waals surface area contributed by atoms with Crippen molar-refractivity contribution in [3.8, 4) is 5.75 Å². The van der Waals surface area contributed by atoms with Crippen molar-refractivity contribution in [2.75, 3.05) is 11.4 Å². The third-order valence-corrected chi connectivity index (χ3v) is 3.74. The first kappa shape index (κ1) is 14.8. The van der Waals surface area contributed by atoms with Crippen molar-refractivity contribution >= 4 is 23.2 Å². The first-order chi connectivity index (χ1) is 10.5. The third kappa shape index (κ3) is 2.90. The SMILES string of the molecule is O=C1c2ccc(Cl)cc2CCN1c1cccc(OC(F)F)c1. The average molecular weight is 324 g/mol. The van der Waals surface area contributed by atoms with Gasteiger partial charge < -0.3 is 9.64 Å². The van der Waals surface area contributed by atoms with Gasteiger partial charge in [0.05, 0.1) is 0 Å². The van der Waals surface area contributed by atoms with Crippen LogP contribution in [0.1, 0.15) is 15.9 Å². The molecule has 1 heterocycles. The average Bonchev–Trinajstić information content (AvgIpc) is 2.47. The van der Waals surface area contributed by atoms with Crippen LogP contribution < -0.4 is 9.64 Å². The molecule has 2 aromatic carbocycles. The van der Waals surface area contributed by atoms with Crippen LogP contribution in [0.15, 0.2) is 42.5 Å². The van der Waals surface area contributed by atoms with Gasteiger partial charge in [0.2, 0.25) is 0 Å². The van der Waals surface area contributed by atoms with E-state index in [1.165, 1.54) is 12.1 Å². The molecule has 3 rings (SSSR count). The lowest BCUT2D eigenvalue weighted by atomic mass is 9.98. The van der Waals surface area contributed by atoms with E-state index in [-0.39, 0.29) is 11.7 Å². The van der Waals surface area contributed by atoms with E-state index in [2.05, 4.69) is 4.74 Å². The van der Waals surface area contributed by atoms with Gasteiger partial charge in [0.25, 0.3) is 5.91 Å². The molecule has 22 heavy (non-hydrogen) atoms. The summed E-state index contributed by atoms with van der Waals surface area (Å²) in [5.41, 5.74) is 2.01. The molecule has 1 aliphatic heterocycles. The molecule has 114 valence electrons. The van der Waals surface area contributed by atoms with Gasteiger partial charge in [-0.25, -0.2) is 0 Å². The summed E-state index contributed by atoms with van der Waals surface area (Å²) in [6, 6.07) is 11.3. The van der Waals surface area contributed by atoms with Gasteiger partial charge in [0.1, 0.15) is 5.75 Å². The zero-order chi connectivity index (χ0) is 15.7. The number of halogens is 3. The summed E-state index contributed by atoms with van der Waals surface area (Å²) < 4.78 is 29.0. The Hall–Kier alpha value is -2.14. The molecule has 0 radical (unpaired) electrons. The minimum Gasteiger partial charge on any atom is -0.435 e. The van der Waals surface area contributed by atoms with E-state index in [1.807, 2.05) is 0 Å². The Morgan fingerprint density at radius 3 is 2.77 bits per heavy atom. The van der Waals surface area contributed by atoms with Gasteiger partial charge in [-0.05, 0) is 42.3 Å². The number of amides is 1. The van der Waals surface area contributed by atoms with E-state index in [0.29, 0.717) is 29.2 Å². The van der Waals surface area contributed by atoms with Crippen LogP contribution in [0.4, 0.5) is 14.5 Å². The summed E-state index contributed by atoms with van der Waals surface area (Å²) in [6.07, 6.45) is 0.654. The number of carbonyl (C=O) groups is 1. The Kier molecular flexibility index (Phi) is 3.98. The monoisotopic (exact) mass is 323 g/mol. The maximum absolute atomic E-state index is 12.6. The Labute approximate surface area is 131 Å². The highest BCUT2D eigenvalue weighted by molar-refractivity contribution is 6.30. The molecule has 6 heteroatoms. The molecule has 0 N–H and O–H groups in total. The van der Waals surface area contributed by atoms with Crippen molar-refractivity contribution in [2.45, 2.75) is 13.0 Å². The highest BCUT2D eigenvalue weighted by Crippen LogP contribution is 2.29.